The quantitative estimate of drug-likeness (QED) is 0.630. The van der Waals surface area contributed by atoms with Gasteiger partial charge in [-0.1, -0.05) is 19.8 Å². The lowest BCUT2D eigenvalue weighted by molar-refractivity contribution is 0.320. The molecule has 0 spiro atoms. The molecule has 1 heterocycles. The second-order valence-electron chi connectivity index (χ2n) is 5.11. The van der Waals surface area contributed by atoms with Crippen LogP contribution in [0, 0.1) is 11.3 Å². The molecule has 2 atom stereocenters. The van der Waals surface area contributed by atoms with E-state index in [0.717, 1.165) is 5.82 Å². The molecule has 0 saturated heterocycles. The van der Waals surface area contributed by atoms with Crippen LogP contribution in [-0.4, -0.2) is 28.9 Å². The van der Waals surface area contributed by atoms with Gasteiger partial charge >= 0.3 is 0 Å². The summed E-state index contributed by atoms with van der Waals surface area (Å²) < 4.78 is 0. The van der Waals surface area contributed by atoms with Crippen LogP contribution < -0.4 is 10.6 Å². The number of aromatic nitrogens is 2. The second kappa shape index (κ2) is 5.33. The SMILES string of the molecule is CC1CCCCC1N(C)c1cnc(C(=N)N)cn1. The molecule has 0 aromatic carbocycles. The molecule has 1 aliphatic carbocycles. The number of nitrogens with one attached hydrogen (secondary N) is 1. The Kier molecular flexibility index (Phi) is 3.79. The summed E-state index contributed by atoms with van der Waals surface area (Å²) in [4.78, 5) is 10.7. The van der Waals surface area contributed by atoms with Crippen molar-refractivity contribution in [2.45, 2.75) is 38.6 Å². The fourth-order valence-electron chi connectivity index (χ4n) is 2.68. The summed E-state index contributed by atoms with van der Waals surface area (Å²) in [5.74, 6) is 1.51. The standard InChI is InChI=1S/C13H21N5/c1-9-5-3-4-6-11(9)18(2)12-8-16-10(7-17-12)13(14)15/h7-9,11H,3-6H2,1-2H3,(H3,14,15). The molecular formula is C13H21N5. The van der Waals surface area contributed by atoms with Gasteiger partial charge in [0.2, 0.25) is 0 Å². The van der Waals surface area contributed by atoms with Crippen molar-refractivity contribution < 1.29 is 0 Å². The zero-order valence-corrected chi connectivity index (χ0v) is 11.1. The first-order valence-corrected chi connectivity index (χ1v) is 6.49. The Hall–Kier alpha value is -1.65. The van der Waals surface area contributed by atoms with E-state index in [4.69, 9.17) is 11.1 Å². The van der Waals surface area contributed by atoms with E-state index in [1.54, 1.807) is 12.4 Å². The number of nitrogens with zero attached hydrogens (tertiary/aromatic N) is 3. The number of amidine groups is 1. The van der Waals surface area contributed by atoms with Crippen molar-refractivity contribution in [2.75, 3.05) is 11.9 Å². The molecule has 0 aliphatic heterocycles. The molecule has 1 aliphatic rings. The molecule has 1 aromatic rings. The van der Waals surface area contributed by atoms with Crippen molar-refractivity contribution in [3.8, 4) is 0 Å². The molecule has 18 heavy (non-hydrogen) atoms. The molecular weight excluding hydrogens is 226 g/mol. The highest BCUT2D eigenvalue weighted by molar-refractivity contribution is 5.92. The van der Waals surface area contributed by atoms with E-state index in [-0.39, 0.29) is 5.84 Å². The summed E-state index contributed by atoms with van der Waals surface area (Å²) in [6, 6.07) is 0.538. The van der Waals surface area contributed by atoms with Crippen LogP contribution in [-0.2, 0) is 0 Å². The molecule has 3 N–H and O–H groups in total. The van der Waals surface area contributed by atoms with Crippen LogP contribution >= 0.6 is 0 Å². The van der Waals surface area contributed by atoms with Crippen LogP contribution in [0.4, 0.5) is 5.82 Å². The van der Waals surface area contributed by atoms with E-state index in [1.807, 2.05) is 0 Å². The summed E-state index contributed by atoms with van der Waals surface area (Å²) in [5, 5.41) is 7.30. The minimum atomic E-state index is -0.0391. The van der Waals surface area contributed by atoms with Gasteiger partial charge in [-0.15, -0.1) is 0 Å². The van der Waals surface area contributed by atoms with Crippen LogP contribution in [0.1, 0.15) is 38.3 Å². The Morgan fingerprint density at radius 2 is 2.06 bits per heavy atom. The molecule has 98 valence electrons. The molecule has 5 heteroatoms. The number of hydrogen-bond acceptors (Lipinski definition) is 4. The first kappa shape index (κ1) is 12.8. The average Bonchev–Trinajstić information content (AvgIpc) is 2.38. The number of rotatable bonds is 3. The maximum absolute atomic E-state index is 7.30. The number of anilines is 1. The van der Waals surface area contributed by atoms with Crippen LogP contribution in [0.15, 0.2) is 12.4 Å². The van der Waals surface area contributed by atoms with Gasteiger partial charge in [-0.25, -0.2) is 9.97 Å². The molecule has 5 nitrogen and oxygen atoms in total. The largest absolute Gasteiger partial charge is 0.382 e. The van der Waals surface area contributed by atoms with Gasteiger partial charge in [0.25, 0.3) is 0 Å². The van der Waals surface area contributed by atoms with Crippen molar-refractivity contribution in [1.82, 2.24) is 9.97 Å². The smallest absolute Gasteiger partial charge is 0.147 e. The third-order valence-corrected chi connectivity index (χ3v) is 3.84. The molecule has 0 radical (unpaired) electrons. The first-order valence-electron chi connectivity index (χ1n) is 6.49. The Morgan fingerprint density at radius 3 is 2.61 bits per heavy atom. The van der Waals surface area contributed by atoms with Crippen molar-refractivity contribution in [3.63, 3.8) is 0 Å². The monoisotopic (exact) mass is 247 g/mol. The van der Waals surface area contributed by atoms with E-state index in [2.05, 4.69) is 28.8 Å². The van der Waals surface area contributed by atoms with Gasteiger partial charge in [0.05, 0.1) is 12.4 Å². The Labute approximate surface area is 108 Å². The maximum atomic E-state index is 7.30. The topological polar surface area (TPSA) is 78.9 Å². The zero-order valence-electron chi connectivity index (χ0n) is 11.1. The normalized spacial score (nSPS) is 23.7. The number of nitrogens with two attached hydrogens (primary N) is 1. The van der Waals surface area contributed by atoms with Crippen LogP contribution in [0.2, 0.25) is 0 Å². The van der Waals surface area contributed by atoms with Crippen molar-refractivity contribution in [3.05, 3.63) is 18.1 Å². The summed E-state index contributed by atoms with van der Waals surface area (Å²) >= 11 is 0. The van der Waals surface area contributed by atoms with Gasteiger partial charge in [0, 0.05) is 13.1 Å². The molecule has 2 unspecified atom stereocenters. The van der Waals surface area contributed by atoms with Crippen LogP contribution in [0.3, 0.4) is 0 Å². The van der Waals surface area contributed by atoms with Crippen molar-refractivity contribution in [2.24, 2.45) is 11.7 Å². The predicted molar refractivity (Wildman–Crippen MR) is 72.9 cm³/mol. The Balaban J connectivity index is 2.12. The Morgan fingerprint density at radius 1 is 1.33 bits per heavy atom. The fraction of sp³-hybridized carbons (Fsp3) is 0.615. The highest BCUT2D eigenvalue weighted by atomic mass is 15.2. The van der Waals surface area contributed by atoms with E-state index < -0.39 is 0 Å². The molecule has 0 bridgehead atoms. The van der Waals surface area contributed by atoms with E-state index in [1.165, 1.54) is 25.7 Å². The van der Waals surface area contributed by atoms with E-state index in [9.17, 15) is 0 Å². The third kappa shape index (κ3) is 2.60. The van der Waals surface area contributed by atoms with E-state index in [0.29, 0.717) is 17.7 Å². The van der Waals surface area contributed by atoms with Gasteiger partial charge in [-0.3, -0.25) is 5.41 Å². The predicted octanol–water partition coefficient (Wildman–Crippen LogP) is 1.78. The van der Waals surface area contributed by atoms with E-state index >= 15 is 0 Å². The Bertz CT molecular complexity index is 414. The van der Waals surface area contributed by atoms with Gasteiger partial charge in [0.15, 0.2) is 0 Å². The lowest BCUT2D eigenvalue weighted by Gasteiger charge is -2.36. The maximum Gasteiger partial charge on any atom is 0.147 e. The average molecular weight is 247 g/mol. The molecule has 1 saturated carbocycles. The minimum Gasteiger partial charge on any atom is -0.382 e. The van der Waals surface area contributed by atoms with Crippen molar-refractivity contribution >= 4 is 11.7 Å². The van der Waals surface area contributed by atoms with Gasteiger partial charge in [-0.2, -0.15) is 0 Å². The lowest BCUT2D eigenvalue weighted by atomic mass is 9.85. The molecule has 1 aromatic heterocycles. The molecule has 1 fully saturated rings. The molecule has 2 rings (SSSR count). The minimum absolute atomic E-state index is 0.0391. The zero-order chi connectivity index (χ0) is 13.1. The van der Waals surface area contributed by atoms with Crippen LogP contribution in [0.5, 0.6) is 0 Å². The fourth-order valence-corrected chi connectivity index (χ4v) is 2.68. The summed E-state index contributed by atoms with van der Waals surface area (Å²) in [7, 11) is 2.07. The highest BCUT2D eigenvalue weighted by Gasteiger charge is 2.25. The van der Waals surface area contributed by atoms with Gasteiger partial charge < -0.3 is 10.6 Å². The first-order chi connectivity index (χ1) is 8.59. The van der Waals surface area contributed by atoms with Gasteiger partial charge in [-0.05, 0) is 18.8 Å². The second-order valence-corrected chi connectivity index (χ2v) is 5.11. The van der Waals surface area contributed by atoms with Crippen LogP contribution in [0.25, 0.3) is 0 Å². The summed E-state index contributed by atoms with van der Waals surface area (Å²) in [5.41, 5.74) is 5.81. The lowest BCUT2D eigenvalue weighted by Crippen LogP contribution is -2.39. The number of nitrogen functional groups attached to an aromatic ring is 1. The number of hydrogen-bond donors (Lipinski definition) is 2. The summed E-state index contributed by atoms with van der Waals surface area (Å²) in [6.07, 6.45) is 8.40. The van der Waals surface area contributed by atoms with Crippen molar-refractivity contribution in [1.29, 1.82) is 5.41 Å². The van der Waals surface area contributed by atoms with Gasteiger partial charge in [0.1, 0.15) is 17.3 Å². The molecule has 0 amide bonds. The summed E-state index contributed by atoms with van der Waals surface area (Å²) in [6.45, 7) is 2.30. The highest BCUT2D eigenvalue weighted by Crippen LogP contribution is 2.29. The third-order valence-electron chi connectivity index (χ3n) is 3.84.